The van der Waals surface area contributed by atoms with E-state index in [0.29, 0.717) is 39.8 Å². The van der Waals surface area contributed by atoms with Crippen LogP contribution in [-0.4, -0.2) is 61.6 Å². The van der Waals surface area contributed by atoms with Crippen molar-refractivity contribution in [3.63, 3.8) is 0 Å². The van der Waals surface area contributed by atoms with Gasteiger partial charge in [-0.2, -0.15) is 0 Å². The first-order valence-corrected chi connectivity index (χ1v) is 13.4. The Morgan fingerprint density at radius 3 is 2.63 bits per heavy atom. The van der Waals surface area contributed by atoms with Crippen molar-refractivity contribution in [2.24, 2.45) is 5.92 Å². The van der Waals surface area contributed by atoms with E-state index in [2.05, 4.69) is 27.9 Å². The lowest BCUT2D eigenvalue weighted by atomic mass is 9.90. The predicted octanol–water partition coefficient (Wildman–Crippen LogP) is 5.64. The predicted molar refractivity (Wildman–Crippen MR) is 144 cm³/mol. The van der Waals surface area contributed by atoms with Gasteiger partial charge < -0.3 is 25.4 Å². The van der Waals surface area contributed by atoms with Crippen LogP contribution in [0.15, 0.2) is 24.4 Å². The van der Waals surface area contributed by atoms with Crippen molar-refractivity contribution in [2.75, 3.05) is 44.1 Å². The third-order valence-corrected chi connectivity index (χ3v) is 7.41. The molecular formula is C26H37Cl2N5O2. The maximum absolute atomic E-state index is 6.55. The van der Waals surface area contributed by atoms with E-state index in [1.807, 2.05) is 18.2 Å². The van der Waals surface area contributed by atoms with Crippen molar-refractivity contribution < 1.29 is 9.47 Å². The zero-order valence-electron chi connectivity index (χ0n) is 20.7. The van der Waals surface area contributed by atoms with Crippen LogP contribution in [0.25, 0.3) is 11.3 Å². The van der Waals surface area contributed by atoms with Gasteiger partial charge in [0, 0.05) is 50.1 Å². The average Bonchev–Trinajstić information content (AvgIpc) is 2.87. The zero-order valence-corrected chi connectivity index (χ0v) is 22.2. The molecule has 1 saturated carbocycles. The van der Waals surface area contributed by atoms with E-state index in [1.165, 1.54) is 6.42 Å². The van der Waals surface area contributed by atoms with Crippen LogP contribution in [0, 0.1) is 5.92 Å². The summed E-state index contributed by atoms with van der Waals surface area (Å²) in [5, 5.41) is 11.8. The monoisotopic (exact) mass is 521 g/mol. The molecule has 3 N–H and O–H groups in total. The van der Waals surface area contributed by atoms with Crippen LogP contribution in [0.5, 0.6) is 0 Å². The second-order valence-corrected chi connectivity index (χ2v) is 10.6. The molecule has 0 spiro atoms. The standard InChI is InChI=1S/C26H37Cl2N5O2/c1-17(15-34-2)31-19-5-7-20(8-6-19)32-25-12-21(23(28)14-30-25)26-22(27)9-10-24(33-26)29-13-18-4-3-11-35-16-18/h9-10,12,14,17-20,31H,3-8,11,13,15-16H2,1-2H3,(H,29,33)(H,30,32)/t17-,18-,19?,20?/m1/s1. The third-order valence-electron chi connectivity index (χ3n) is 6.80. The van der Waals surface area contributed by atoms with Gasteiger partial charge in [0.1, 0.15) is 11.6 Å². The molecule has 7 nitrogen and oxygen atoms in total. The number of halogens is 2. The molecule has 2 aromatic heterocycles. The molecule has 2 aliphatic rings. The highest BCUT2D eigenvalue weighted by molar-refractivity contribution is 6.36. The lowest BCUT2D eigenvalue weighted by molar-refractivity contribution is 0.0595. The molecule has 192 valence electrons. The van der Waals surface area contributed by atoms with Gasteiger partial charge in [-0.25, -0.2) is 9.97 Å². The summed E-state index contributed by atoms with van der Waals surface area (Å²) >= 11 is 13.1. The number of aromatic nitrogens is 2. The van der Waals surface area contributed by atoms with Gasteiger partial charge in [-0.05, 0) is 69.6 Å². The van der Waals surface area contributed by atoms with Crippen LogP contribution in [0.3, 0.4) is 0 Å². The van der Waals surface area contributed by atoms with Gasteiger partial charge in [0.2, 0.25) is 0 Å². The Bertz CT molecular complexity index is 949. The van der Waals surface area contributed by atoms with Gasteiger partial charge in [-0.3, -0.25) is 0 Å². The maximum Gasteiger partial charge on any atom is 0.126 e. The molecule has 35 heavy (non-hydrogen) atoms. The second kappa shape index (κ2) is 13.1. The summed E-state index contributed by atoms with van der Waals surface area (Å²) in [4.78, 5) is 9.31. The molecule has 2 fully saturated rings. The van der Waals surface area contributed by atoms with E-state index < -0.39 is 0 Å². The van der Waals surface area contributed by atoms with Crippen LogP contribution in [0.2, 0.25) is 10.0 Å². The number of anilines is 2. The zero-order chi connectivity index (χ0) is 24.6. The minimum atomic E-state index is 0.369. The van der Waals surface area contributed by atoms with E-state index in [1.54, 1.807) is 13.3 Å². The van der Waals surface area contributed by atoms with Crippen molar-refractivity contribution in [1.29, 1.82) is 0 Å². The van der Waals surface area contributed by atoms with Crippen LogP contribution >= 0.6 is 23.2 Å². The quantitative estimate of drug-likeness (QED) is 0.373. The fourth-order valence-electron chi connectivity index (χ4n) is 4.96. The Balaban J connectivity index is 1.38. The molecule has 0 unspecified atom stereocenters. The van der Waals surface area contributed by atoms with Crippen LogP contribution in [0.4, 0.5) is 11.6 Å². The number of hydrogen-bond donors (Lipinski definition) is 3. The molecule has 0 amide bonds. The van der Waals surface area contributed by atoms with E-state index in [0.717, 1.165) is 75.7 Å². The normalized spacial score (nSPS) is 23.6. The Hall–Kier alpha value is -1.64. The lowest BCUT2D eigenvalue weighted by Gasteiger charge is -2.32. The van der Waals surface area contributed by atoms with Crippen molar-refractivity contribution in [1.82, 2.24) is 15.3 Å². The number of nitrogens with one attached hydrogen (secondary N) is 3. The van der Waals surface area contributed by atoms with Gasteiger partial charge in [0.15, 0.2) is 0 Å². The smallest absolute Gasteiger partial charge is 0.126 e. The first kappa shape index (κ1) is 26.4. The number of rotatable bonds is 10. The summed E-state index contributed by atoms with van der Waals surface area (Å²) < 4.78 is 10.8. The molecule has 4 rings (SSSR count). The van der Waals surface area contributed by atoms with Crippen molar-refractivity contribution >= 4 is 34.8 Å². The maximum atomic E-state index is 6.55. The van der Waals surface area contributed by atoms with Gasteiger partial charge >= 0.3 is 0 Å². The van der Waals surface area contributed by atoms with Gasteiger partial charge in [0.05, 0.1) is 29.0 Å². The summed E-state index contributed by atoms with van der Waals surface area (Å²) in [6.45, 7) is 5.39. The molecule has 1 saturated heterocycles. The summed E-state index contributed by atoms with van der Waals surface area (Å²) in [6.07, 6.45) is 8.37. The fraction of sp³-hybridized carbons (Fsp3) is 0.615. The Morgan fingerprint density at radius 2 is 1.89 bits per heavy atom. The van der Waals surface area contributed by atoms with E-state index in [-0.39, 0.29) is 0 Å². The van der Waals surface area contributed by atoms with Gasteiger partial charge in [0.25, 0.3) is 0 Å². The molecule has 2 aromatic rings. The molecule has 0 aromatic carbocycles. The summed E-state index contributed by atoms with van der Waals surface area (Å²) in [5.74, 6) is 2.08. The van der Waals surface area contributed by atoms with Crippen molar-refractivity contribution in [3.8, 4) is 11.3 Å². The SMILES string of the molecule is COC[C@@H](C)NC1CCC(Nc2cc(-c3nc(NC[C@H]4CCCOC4)ccc3Cl)c(Cl)cn2)CC1. The number of pyridine rings is 2. The van der Waals surface area contributed by atoms with E-state index in [9.17, 15) is 0 Å². The van der Waals surface area contributed by atoms with Crippen LogP contribution < -0.4 is 16.0 Å². The fourth-order valence-corrected chi connectivity index (χ4v) is 5.36. The topological polar surface area (TPSA) is 80.3 Å². The largest absolute Gasteiger partial charge is 0.383 e. The molecular weight excluding hydrogens is 485 g/mol. The first-order chi connectivity index (χ1) is 17.0. The Morgan fingerprint density at radius 1 is 1.09 bits per heavy atom. The molecule has 0 bridgehead atoms. The minimum absolute atomic E-state index is 0.369. The molecule has 1 aliphatic heterocycles. The summed E-state index contributed by atoms with van der Waals surface area (Å²) in [5.41, 5.74) is 1.44. The average molecular weight is 523 g/mol. The molecule has 3 heterocycles. The number of methoxy groups -OCH3 is 1. The van der Waals surface area contributed by atoms with Gasteiger partial charge in [-0.1, -0.05) is 23.2 Å². The Labute approximate surface area is 218 Å². The minimum Gasteiger partial charge on any atom is -0.383 e. The third kappa shape index (κ3) is 7.67. The Kier molecular flexibility index (Phi) is 9.86. The summed E-state index contributed by atoms with van der Waals surface area (Å²) in [6, 6.07) is 7.01. The first-order valence-electron chi connectivity index (χ1n) is 12.7. The highest BCUT2D eigenvalue weighted by Crippen LogP contribution is 2.34. The van der Waals surface area contributed by atoms with Crippen LogP contribution in [0.1, 0.15) is 45.4 Å². The lowest BCUT2D eigenvalue weighted by Crippen LogP contribution is -2.42. The number of hydrogen-bond acceptors (Lipinski definition) is 7. The number of nitrogens with zero attached hydrogens (tertiary/aromatic N) is 2. The van der Waals surface area contributed by atoms with Gasteiger partial charge in [-0.15, -0.1) is 0 Å². The second-order valence-electron chi connectivity index (χ2n) is 9.76. The summed E-state index contributed by atoms with van der Waals surface area (Å²) in [7, 11) is 1.74. The van der Waals surface area contributed by atoms with Crippen molar-refractivity contribution in [3.05, 3.63) is 34.4 Å². The van der Waals surface area contributed by atoms with E-state index in [4.69, 9.17) is 37.7 Å². The van der Waals surface area contributed by atoms with E-state index >= 15 is 0 Å². The van der Waals surface area contributed by atoms with Crippen LogP contribution in [-0.2, 0) is 9.47 Å². The molecule has 1 aliphatic carbocycles. The van der Waals surface area contributed by atoms with Crippen molar-refractivity contribution in [2.45, 2.75) is 63.6 Å². The highest BCUT2D eigenvalue weighted by atomic mass is 35.5. The molecule has 9 heteroatoms. The molecule has 2 atom stereocenters. The highest BCUT2D eigenvalue weighted by Gasteiger charge is 2.23. The molecule has 0 radical (unpaired) electrons. The number of ether oxygens (including phenoxy) is 2.